The minimum Gasteiger partial charge on any atom is -0.203 e. The second kappa shape index (κ2) is 4.27. The van der Waals surface area contributed by atoms with Crippen LogP contribution in [-0.4, -0.2) is 8.83 Å². The van der Waals surface area contributed by atoms with E-state index in [2.05, 4.69) is 0 Å². The summed E-state index contributed by atoms with van der Waals surface area (Å²) in [5.74, 6) is -9.54. The van der Waals surface area contributed by atoms with Crippen molar-refractivity contribution in [1.82, 2.24) is 0 Å². The molecule has 0 spiro atoms. The average molecular weight is 247 g/mol. The molecule has 0 heterocycles. The number of rotatable bonds is 2. The van der Waals surface area contributed by atoms with Gasteiger partial charge >= 0.3 is 0 Å². The molecule has 0 aromatic heterocycles. The lowest BCUT2D eigenvalue weighted by atomic mass is 10.2. The molecule has 0 fully saturated rings. The van der Waals surface area contributed by atoms with Crippen LogP contribution in [0.3, 0.4) is 0 Å². The predicted molar refractivity (Wildman–Crippen MR) is 44.3 cm³/mol. The third kappa shape index (κ3) is 1.76. The molecule has 0 atom stereocenters. The highest BCUT2D eigenvalue weighted by Gasteiger charge is 2.24. The Kier molecular flexibility index (Phi) is 3.49. The lowest BCUT2D eigenvalue weighted by Gasteiger charge is -2.05. The third-order valence-electron chi connectivity index (χ3n) is 1.65. The van der Waals surface area contributed by atoms with Crippen LogP contribution >= 0.6 is 11.1 Å². The Hall–Kier alpha value is -0.623. The summed E-state index contributed by atoms with van der Waals surface area (Å²) in [5, 5.41) is 0. The van der Waals surface area contributed by atoms with E-state index in [-0.39, 0.29) is 6.04 Å². The van der Waals surface area contributed by atoms with Gasteiger partial charge in [0.2, 0.25) is 5.82 Å². The van der Waals surface area contributed by atoms with E-state index >= 15 is 0 Å². The molecular formula is C7H4ClF5Si. The summed E-state index contributed by atoms with van der Waals surface area (Å²) in [6.07, 6.45) is 0. The summed E-state index contributed by atoms with van der Waals surface area (Å²) in [7, 11) is -1.33. The zero-order chi connectivity index (χ0) is 10.9. The van der Waals surface area contributed by atoms with Gasteiger partial charge in [-0.3, -0.25) is 0 Å². The van der Waals surface area contributed by atoms with Gasteiger partial charge in [0.25, 0.3) is 0 Å². The molecular weight excluding hydrogens is 243 g/mol. The van der Waals surface area contributed by atoms with Crippen LogP contribution in [0.2, 0.25) is 0 Å². The van der Waals surface area contributed by atoms with Gasteiger partial charge < -0.3 is 0 Å². The van der Waals surface area contributed by atoms with Gasteiger partial charge in [-0.15, -0.1) is 0 Å². The fourth-order valence-corrected chi connectivity index (χ4v) is 2.16. The molecule has 0 amide bonds. The lowest BCUT2D eigenvalue weighted by Crippen LogP contribution is -2.08. The molecule has 14 heavy (non-hydrogen) atoms. The van der Waals surface area contributed by atoms with E-state index < -0.39 is 43.5 Å². The van der Waals surface area contributed by atoms with Gasteiger partial charge in [-0.1, -0.05) is 0 Å². The summed E-state index contributed by atoms with van der Waals surface area (Å²) in [5.41, 5.74) is -0.817. The second-order valence-electron chi connectivity index (χ2n) is 2.49. The Balaban J connectivity index is 3.43. The lowest BCUT2D eigenvalue weighted by molar-refractivity contribution is 0.372. The molecule has 0 saturated heterocycles. The minimum absolute atomic E-state index is 0.270. The molecule has 0 nitrogen and oxygen atoms in total. The van der Waals surface area contributed by atoms with Crippen molar-refractivity contribution in [3.05, 3.63) is 34.6 Å². The van der Waals surface area contributed by atoms with Gasteiger partial charge in [-0.25, -0.2) is 22.0 Å². The van der Waals surface area contributed by atoms with Crippen LogP contribution in [0.15, 0.2) is 0 Å². The Bertz CT molecular complexity index is 339. The Morgan fingerprint density at radius 2 is 1.14 bits per heavy atom. The third-order valence-corrected chi connectivity index (χ3v) is 2.90. The second-order valence-corrected chi connectivity index (χ2v) is 4.50. The molecule has 0 N–H and O–H groups in total. The van der Waals surface area contributed by atoms with E-state index in [1.54, 1.807) is 0 Å². The van der Waals surface area contributed by atoms with Crippen LogP contribution in [0, 0.1) is 29.1 Å². The molecule has 7 heteroatoms. The molecule has 0 bridgehead atoms. The highest BCUT2D eigenvalue weighted by molar-refractivity contribution is 6.93. The van der Waals surface area contributed by atoms with Gasteiger partial charge in [0.15, 0.2) is 23.3 Å². The fourth-order valence-electron chi connectivity index (χ4n) is 0.964. The summed E-state index contributed by atoms with van der Waals surface area (Å²) in [6, 6.07) is -0.270. The Morgan fingerprint density at radius 3 is 1.50 bits per heavy atom. The van der Waals surface area contributed by atoms with Gasteiger partial charge in [0.1, 0.15) is 8.83 Å². The molecule has 0 aliphatic carbocycles. The molecule has 1 aromatic carbocycles. The SMILES string of the molecule is Fc1c(F)c(F)c(C[SiH2]Cl)c(F)c1F. The van der Waals surface area contributed by atoms with Crippen LogP contribution < -0.4 is 0 Å². The molecule has 0 saturated carbocycles. The van der Waals surface area contributed by atoms with Crippen molar-refractivity contribution >= 4 is 19.9 Å². The fraction of sp³-hybridized carbons (Fsp3) is 0.143. The maximum Gasteiger partial charge on any atom is 0.200 e. The topological polar surface area (TPSA) is 0 Å². The molecule has 0 radical (unpaired) electrons. The molecule has 0 aliphatic rings. The first-order valence-corrected chi connectivity index (χ1v) is 6.70. The zero-order valence-electron chi connectivity index (χ0n) is 6.68. The van der Waals surface area contributed by atoms with E-state index in [0.29, 0.717) is 0 Å². The Morgan fingerprint density at radius 1 is 0.786 bits per heavy atom. The molecule has 1 rings (SSSR count). The van der Waals surface area contributed by atoms with E-state index in [1.807, 2.05) is 0 Å². The number of halogens is 6. The quantitative estimate of drug-likeness (QED) is 0.247. The first kappa shape index (κ1) is 11.5. The number of benzene rings is 1. The van der Waals surface area contributed by atoms with Crippen LogP contribution in [0.25, 0.3) is 0 Å². The van der Waals surface area contributed by atoms with Crippen molar-refractivity contribution in [2.24, 2.45) is 0 Å². The highest BCUT2D eigenvalue weighted by Crippen LogP contribution is 2.23. The van der Waals surface area contributed by atoms with E-state index in [9.17, 15) is 22.0 Å². The monoisotopic (exact) mass is 246 g/mol. The number of hydrogen-bond donors (Lipinski definition) is 0. The molecule has 0 unspecified atom stereocenters. The van der Waals surface area contributed by atoms with Gasteiger partial charge in [-0.2, -0.15) is 11.1 Å². The Labute approximate surface area is 83.2 Å². The molecule has 0 aliphatic heterocycles. The predicted octanol–water partition coefficient (Wildman–Crippen LogP) is 2.20. The summed E-state index contributed by atoms with van der Waals surface area (Å²) in [6.45, 7) is 0. The first-order valence-electron chi connectivity index (χ1n) is 3.57. The van der Waals surface area contributed by atoms with Gasteiger partial charge in [0, 0.05) is 5.56 Å². The van der Waals surface area contributed by atoms with E-state index in [4.69, 9.17) is 11.1 Å². The van der Waals surface area contributed by atoms with Crippen LogP contribution in [0.4, 0.5) is 22.0 Å². The summed E-state index contributed by atoms with van der Waals surface area (Å²) in [4.78, 5) is 0. The zero-order valence-corrected chi connectivity index (χ0v) is 8.85. The van der Waals surface area contributed by atoms with Crippen molar-refractivity contribution in [2.45, 2.75) is 6.04 Å². The first-order chi connectivity index (χ1) is 6.50. The largest absolute Gasteiger partial charge is 0.203 e. The standard InChI is InChI=1S/C7H4ClF5Si/c8-14-1-2-3(9)5(11)7(13)6(12)4(2)10/h1,14H2. The average Bonchev–Trinajstić information content (AvgIpc) is 2.19. The van der Waals surface area contributed by atoms with Crippen molar-refractivity contribution in [2.75, 3.05) is 0 Å². The molecule has 78 valence electrons. The van der Waals surface area contributed by atoms with E-state index in [0.717, 1.165) is 0 Å². The maximum atomic E-state index is 12.8. The van der Waals surface area contributed by atoms with Crippen LogP contribution in [-0.2, 0) is 6.04 Å². The normalized spacial score (nSPS) is 11.6. The molecule has 1 aromatic rings. The number of hydrogen-bond acceptors (Lipinski definition) is 0. The van der Waals surface area contributed by atoms with Crippen molar-refractivity contribution < 1.29 is 22.0 Å². The van der Waals surface area contributed by atoms with Crippen molar-refractivity contribution in [1.29, 1.82) is 0 Å². The maximum absolute atomic E-state index is 12.8. The van der Waals surface area contributed by atoms with Crippen molar-refractivity contribution in [3.63, 3.8) is 0 Å². The minimum atomic E-state index is -2.14. The van der Waals surface area contributed by atoms with Crippen LogP contribution in [0.1, 0.15) is 5.56 Å². The smallest absolute Gasteiger partial charge is 0.200 e. The summed E-state index contributed by atoms with van der Waals surface area (Å²) >= 11 is 5.29. The van der Waals surface area contributed by atoms with Gasteiger partial charge in [-0.05, 0) is 6.04 Å². The van der Waals surface area contributed by atoms with Crippen LogP contribution in [0.5, 0.6) is 0 Å². The van der Waals surface area contributed by atoms with Crippen molar-refractivity contribution in [3.8, 4) is 0 Å². The van der Waals surface area contributed by atoms with E-state index in [1.165, 1.54) is 0 Å². The van der Waals surface area contributed by atoms with Gasteiger partial charge in [0.05, 0.1) is 0 Å². The highest BCUT2D eigenvalue weighted by atomic mass is 35.6. The summed E-state index contributed by atoms with van der Waals surface area (Å²) < 4.78 is 63.2.